The summed E-state index contributed by atoms with van der Waals surface area (Å²) >= 11 is 0.818. The first-order valence-electron chi connectivity index (χ1n) is 4.88. The quantitative estimate of drug-likeness (QED) is 0.501. The van der Waals surface area contributed by atoms with Gasteiger partial charge in [0, 0.05) is 10.6 Å². The number of nitrogen functional groups attached to an aromatic ring is 1. The van der Waals surface area contributed by atoms with Crippen LogP contribution >= 0.6 is 11.8 Å². The maximum absolute atomic E-state index is 13.4. The van der Waals surface area contributed by atoms with E-state index in [2.05, 4.69) is 4.74 Å². The Labute approximate surface area is 98.2 Å². The summed E-state index contributed by atoms with van der Waals surface area (Å²) in [6.45, 7) is 3.65. The average molecular weight is 243 g/mol. The van der Waals surface area contributed by atoms with E-state index in [4.69, 9.17) is 5.73 Å². The number of thioether (sulfide) groups is 1. The first kappa shape index (κ1) is 12.8. The van der Waals surface area contributed by atoms with Crippen molar-refractivity contribution in [2.24, 2.45) is 0 Å². The van der Waals surface area contributed by atoms with Crippen LogP contribution < -0.4 is 5.73 Å². The fraction of sp³-hybridized carbons (Fsp3) is 0.364. The van der Waals surface area contributed by atoms with Crippen LogP contribution in [0.25, 0.3) is 0 Å². The number of anilines is 1. The zero-order chi connectivity index (χ0) is 12.1. The number of esters is 1. The van der Waals surface area contributed by atoms with E-state index < -0.39 is 11.5 Å². The summed E-state index contributed by atoms with van der Waals surface area (Å²) in [7, 11) is 0. The van der Waals surface area contributed by atoms with E-state index in [0.29, 0.717) is 10.6 Å². The molecule has 1 atom stereocenters. The molecule has 1 unspecified atom stereocenters. The summed E-state index contributed by atoms with van der Waals surface area (Å²) in [5.74, 6) is -0.845. The number of alkyl halides is 1. The molecule has 0 aromatic heterocycles. The zero-order valence-corrected chi connectivity index (χ0v) is 10.0. The first-order chi connectivity index (χ1) is 7.54. The minimum atomic E-state index is -1.69. The molecule has 1 rings (SSSR count). The number of hydrogen-bond donors (Lipinski definition) is 1. The van der Waals surface area contributed by atoms with Crippen LogP contribution in [0.1, 0.15) is 12.5 Å². The number of carbonyl (C=O) groups is 1. The van der Waals surface area contributed by atoms with Crippen LogP contribution in [0.15, 0.2) is 23.1 Å². The highest BCUT2D eigenvalue weighted by molar-refractivity contribution is 8.00. The maximum atomic E-state index is 13.4. The van der Waals surface area contributed by atoms with Crippen molar-refractivity contribution in [1.29, 1.82) is 0 Å². The van der Waals surface area contributed by atoms with Crippen molar-refractivity contribution in [1.82, 2.24) is 0 Å². The van der Waals surface area contributed by atoms with Crippen LogP contribution in [0.4, 0.5) is 10.1 Å². The van der Waals surface area contributed by atoms with Gasteiger partial charge in [-0.2, -0.15) is 0 Å². The molecule has 0 radical (unpaired) electrons. The Morgan fingerprint density at radius 1 is 1.62 bits per heavy atom. The fourth-order valence-electron chi connectivity index (χ4n) is 1.10. The van der Waals surface area contributed by atoms with E-state index in [1.165, 1.54) is 0 Å². The van der Waals surface area contributed by atoms with Gasteiger partial charge < -0.3 is 10.5 Å². The zero-order valence-electron chi connectivity index (χ0n) is 9.20. The lowest BCUT2D eigenvalue weighted by molar-refractivity contribution is -0.145. The van der Waals surface area contributed by atoms with Gasteiger partial charge in [-0.25, -0.2) is 9.18 Å². The van der Waals surface area contributed by atoms with Gasteiger partial charge in [0.05, 0.1) is 6.61 Å². The molecule has 0 aliphatic heterocycles. The predicted octanol–water partition coefficient (Wildman–Crippen LogP) is 2.53. The van der Waals surface area contributed by atoms with Gasteiger partial charge in [0.15, 0.2) is 0 Å². The van der Waals surface area contributed by atoms with Crippen LogP contribution in [-0.2, 0) is 9.53 Å². The molecule has 5 heteroatoms. The molecule has 16 heavy (non-hydrogen) atoms. The molecule has 0 bridgehead atoms. The van der Waals surface area contributed by atoms with Gasteiger partial charge in [-0.05, 0) is 37.6 Å². The van der Waals surface area contributed by atoms with Crippen LogP contribution in [0.3, 0.4) is 0 Å². The van der Waals surface area contributed by atoms with Gasteiger partial charge in [0.2, 0.25) is 5.50 Å². The topological polar surface area (TPSA) is 52.3 Å². The van der Waals surface area contributed by atoms with Crippen molar-refractivity contribution >= 4 is 23.4 Å². The van der Waals surface area contributed by atoms with Gasteiger partial charge in [-0.3, -0.25) is 0 Å². The van der Waals surface area contributed by atoms with Gasteiger partial charge in [0.1, 0.15) is 0 Å². The molecule has 1 aromatic carbocycles. The number of hydrogen-bond acceptors (Lipinski definition) is 4. The minimum Gasteiger partial charge on any atom is -0.463 e. The highest BCUT2D eigenvalue weighted by atomic mass is 32.2. The Hall–Kier alpha value is -1.23. The molecular formula is C11H14FNO2S. The first-order valence-corrected chi connectivity index (χ1v) is 5.76. The Kier molecular flexibility index (Phi) is 4.61. The lowest BCUT2D eigenvalue weighted by Crippen LogP contribution is -2.15. The van der Waals surface area contributed by atoms with Crippen molar-refractivity contribution in [3.05, 3.63) is 23.8 Å². The molecule has 0 saturated carbocycles. The third-order valence-electron chi connectivity index (χ3n) is 1.95. The van der Waals surface area contributed by atoms with Gasteiger partial charge in [-0.15, -0.1) is 0 Å². The minimum absolute atomic E-state index is 0.181. The van der Waals surface area contributed by atoms with Crippen LogP contribution in [-0.4, -0.2) is 18.1 Å². The predicted molar refractivity (Wildman–Crippen MR) is 63.0 cm³/mol. The Balaban J connectivity index is 2.66. The molecule has 0 aliphatic carbocycles. The van der Waals surface area contributed by atoms with Crippen LogP contribution in [0.2, 0.25) is 0 Å². The normalized spacial score (nSPS) is 12.2. The van der Waals surface area contributed by atoms with Gasteiger partial charge in [0.25, 0.3) is 0 Å². The number of carbonyl (C=O) groups excluding carboxylic acids is 1. The monoisotopic (exact) mass is 243 g/mol. The van der Waals surface area contributed by atoms with E-state index in [1.807, 2.05) is 6.92 Å². The third-order valence-corrected chi connectivity index (χ3v) is 2.88. The molecule has 0 fully saturated rings. The number of halogens is 1. The summed E-state index contributed by atoms with van der Waals surface area (Å²) in [6, 6.07) is 5.11. The summed E-state index contributed by atoms with van der Waals surface area (Å²) < 4.78 is 17.9. The van der Waals surface area contributed by atoms with Crippen molar-refractivity contribution < 1.29 is 13.9 Å². The van der Waals surface area contributed by atoms with Crippen molar-refractivity contribution in [3.63, 3.8) is 0 Å². The molecular weight excluding hydrogens is 229 g/mol. The van der Waals surface area contributed by atoms with Crippen molar-refractivity contribution in [3.8, 4) is 0 Å². The Bertz CT molecular complexity index is 384. The number of aryl methyl sites for hydroxylation is 1. The van der Waals surface area contributed by atoms with Crippen molar-refractivity contribution in [2.75, 3.05) is 12.3 Å². The second-order valence-corrected chi connectivity index (χ2v) is 4.33. The highest BCUT2D eigenvalue weighted by Crippen LogP contribution is 2.27. The summed E-state index contributed by atoms with van der Waals surface area (Å²) in [5, 5.41) is 0. The van der Waals surface area contributed by atoms with E-state index in [0.717, 1.165) is 17.3 Å². The number of nitrogens with two attached hydrogens (primary N) is 1. The molecule has 1 aromatic rings. The third kappa shape index (κ3) is 3.41. The molecule has 3 nitrogen and oxygen atoms in total. The molecule has 0 spiro atoms. The van der Waals surface area contributed by atoms with Gasteiger partial charge in [-0.1, -0.05) is 11.8 Å². The lowest BCUT2D eigenvalue weighted by Gasteiger charge is -2.08. The standard InChI is InChI=1S/C11H14FNO2S/c1-3-15-11(14)10(12)16-8-4-5-9(13)7(2)6-8/h4-6,10H,3,13H2,1-2H3. The summed E-state index contributed by atoms with van der Waals surface area (Å²) in [4.78, 5) is 11.7. The second-order valence-electron chi connectivity index (χ2n) is 3.20. The van der Waals surface area contributed by atoms with E-state index in [1.54, 1.807) is 25.1 Å². The molecule has 2 N–H and O–H groups in total. The second kappa shape index (κ2) is 5.75. The fourth-order valence-corrected chi connectivity index (χ4v) is 1.89. The van der Waals surface area contributed by atoms with E-state index >= 15 is 0 Å². The lowest BCUT2D eigenvalue weighted by atomic mass is 10.2. The summed E-state index contributed by atoms with van der Waals surface area (Å²) in [5.41, 5.74) is 5.45. The summed E-state index contributed by atoms with van der Waals surface area (Å²) in [6.07, 6.45) is 0. The Morgan fingerprint density at radius 3 is 2.88 bits per heavy atom. The largest absolute Gasteiger partial charge is 0.463 e. The highest BCUT2D eigenvalue weighted by Gasteiger charge is 2.19. The van der Waals surface area contributed by atoms with Crippen LogP contribution in [0, 0.1) is 6.92 Å². The maximum Gasteiger partial charge on any atom is 0.351 e. The van der Waals surface area contributed by atoms with Crippen molar-refractivity contribution in [2.45, 2.75) is 24.2 Å². The smallest absolute Gasteiger partial charge is 0.351 e. The molecule has 0 saturated heterocycles. The van der Waals surface area contributed by atoms with Crippen LogP contribution in [0.5, 0.6) is 0 Å². The SMILES string of the molecule is CCOC(=O)C(F)Sc1ccc(N)c(C)c1. The molecule has 0 amide bonds. The Morgan fingerprint density at radius 2 is 2.31 bits per heavy atom. The average Bonchev–Trinajstić information content (AvgIpc) is 2.24. The number of ether oxygens (including phenoxy) is 1. The van der Waals surface area contributed by atoms with E-state index in [-0.39, 0.29) is 6.61 Å². The number of rotatable bonds is 4. The van der Waals surface area contributed by atoms with E-state index in [9.17, 15) is 9.18 Å². The van der Waals surface area contributed by atoms with Gasteiger partial charge >= 0.3 is 5.97 Å². The molecule has 88 valence electrons. The molecule has 0 aliphatic rings. The molecule has 0 heterocycles. The number of benzene rings is 1.